The molecule has 25 heavy (non-hydrogen) atoms. The third-order valence-corrected chi connectivity index (χ3v) is 5.25. The van der Waals surface area contributed by atoms with Gasteiger partial charge in [-0.05, 0) is 24.1 Å². The normalized spacial score (nSPS) is 17.2. The van der Waals surface area contributed by atoms with Gasteiger partial charge in [-0.3, -0.25) is 0 Å². The smallest absolute Gasteiger partial charge is 0.277 e. The van der Waals surface area contributed by atoms with Crippen LogP contribution in [0.4, 0.5) is 0 Å². The largest absolute Gasteiger partial charge is 0.485 e. The molecule has 5 nitrogen and oxygen atoms in total. The fourth-order valence-corrected chi connectivity index (χ4v) is 3.64. The standard InChI is InChI=1S/C19H18N2O3S/c1-2-17(13-8-4-3-5-9-13)25-19-21-20-18(24-19)16-12-22-14-10-6-7-11-15(14)23-16/h3-11,16-17H,2,12H2,1H3. The van der Waals surface area contributed by atoms with Gasteiger partial charge >= 0.3 is 0 Å². The van der Waals surface area contributed by atoms with E-state index in [4.69, 9.17) is 13.9 Å². The van der Waals surface area contributed by atoms with Crippen molar-refractivity contribution in [1.82, 2.24) is 10.2 Å². The zero-order chi connectivity index (χ0) is 17.1. The highest BCUT2D eigenvalue weighted by atomic mass is 32.2. The second-order valence-electron chi connectivity index (χ2n) is 5.70. The summed E-state index contributed by atoms with van der Waals surface area (Å²) in [5.41, 5.74) is 1.25. The van der Waals surface area contributed by atoms with Gasteiger partial charge in [0.1, 0.15) is 6.61 Å². The Kier molecular flexibility index (Phi) is 4.61. The van der Waals surface area contributed by atoms with E-state index in [1.807, 2.05) is 42.5 Å². The van der Waals surface area contributed by atoms with Gasteiger partial charge in [-0.2, -0.15) is 0 Å². The molecule has 0 radical (unpaired) electrons. The highest BCUT2D eigenvalue weighted by Gasteiger charge is 2.27. The zero-order valence-electron chi connectivity index (χ0n) is 13.8. The van der Waals surface area contributed by atoms with E-state index in [9.17, 15) is 0 Å². The fourth-order valence-electron chi connectivity index (χ4n) is 2.72. The van der Waals surface area contributed by atoms with E-state index in [2.05, 4.69) is 29.3 Å². The first-order valence-electron chi connectivity index (χ1n) is 8.27. The first kappa shape index (κ1) is 16.0. The van der Waals surface area contributed by atoms with E-state index >= 15 is 0 Å². The Morgan fingerprint density at radius 1 is 1.04 bits per heavy atom. The number of benzene rings is 2. The number of hydrogen-bond acceptors (Lipinski definition) is 6. The van der Waals surface area contributed by atoms with Crippen molar-refractivity contribution in [2.24, 2.45) is 0 Å². The molecule has 1 aliphatic rings. The van der Waals surface area contributed by atoms with Crippen molar-refractivity contribution in [1.29, 1.82) is 0 Å². The number of nitrogens with zero attached hydrogens (tertiary/aromatic N) is 2. The first-order chi connectivity index (χ1) is 12.3. The molecule has 1 aromatic heterocycles. The fraction of sp³-hybridized carbons (Fsp3) is 0.263. The van der Waals surface area contributed by atoms with Crippen molar-refractivity contribution in [3.63, 3.8) is 0 Å². The third-order valence-electron chi connectivity index (χ3n) is 3.99. The van der Waals surface area contributed by atoms with E-state index in [0.717, 1.165) is 12.2 Å². The maximum Gasteiger partial charge on any atom is 0.277 e. The van der Waals surface area contributed by atoms with Gasteiger partial charge in [0, 0.05) is 5.25 Å². The van der Waals surface area contributed by atoms with Crippen molar-refractivity contribution in [3.8, 4) is 11.5 Å². The molecule has 2 unspecified atom stereocenters. The summed E-state index contributed by atoms with van der Waals surface area (Å²) < 4.78 is 17.5. The van der Waals surface area contributed by atoms with Crippen LogP contribution < -0.4 is 9.47 Å². The van der Waals surface area contributed by atoms with Gasteiger partial charge in [0.15, 0.2) is 11.5 Å². The van der Waals surface area contributed by atoms with E-state index < -0.39 is 0 Å². The lowest BCUT2D eigenvalue weighted by atomic mass is 10.1. The molecule has 0 saturated heterocycles. The lowest BCUT2D eigenvalue weighted by Gasteiger charge is -2.23. The molecule has 0 aliphatic carbocycles. The van der Waals surface area contributed by atoms with Crippen LogP contribution in [0.15, 0.2) is 64.2 Å². The molecule has 0 saturated carbocycles. The quantitative estimate of drug-likeness (QED) is 0.612. The number of ether oxygens (including phenoxy) is 2. The minimum Gasteiger partial charge on any atom is -0.485 e. The lowest BCUT2D eigenvalue weighted by Crippen LogP contribution is -2.21. The summed E-state index contributed by atoms with van der Waals surface area (Å²) in [5, 5.41) is 9.15. The Balaban J connectivity index is 1.47. The van der Waals surface area contributed by atoms with Crippen LogP contribution in [0, 0.1) is 0 Å². The van der Waals surface area contributed by atoms with Gasteiger partial charge in [0.05, 0.1) is 0 Å². The van der Waals surface area contributed by atoms with Crippen LogP contribution in [0.3, 0.4) is 0 Å². The van der Waals surface area contributed by atoms with Crippen molar-refractivity contribution in [3.05, 3.63) is 66.1 Å². The van der Waals surface area contributed by atoms with Crippen molar-refractivity contribution in [2.45, 2.75) is 29.9 Å². The summed E-state index contributed by atoms with van der Waals surface area (Å²) in [5.74, 6) is 1.88. The maximum atomic E-state index is 5.92. The minimum absolute atomic E-state index is 0.277. The van der Waals surface area contributed by atoms with Crippen LogP contribution in [0.25, 0.3) is 0 Å². The molecule has 0 fully saturated rings. The van der Waals surface area contributed by atoms with Crippen LogP contribution in [-0.2, 0) is 0 Å². The topological polar surface area (TPSA) is 57.4 Å². The Hall–Kier alpha value is -2.47. The summed E-state index contributed by atoms with van der Waals surface area (Å²) >= 11 is 1.58. The Labute approximate surface area is 150 Å². The molecular weight excluding hydrogens is 336 g/mol. The van der Waals surface area contributed by atoms with Crippen LogP contribution in [0.1, 0.15) is 36.2 Å². The van der Waals surface area contributed by atoms with Crippen LogP contribution in [0.5, 0.6) is 11.5 Å². The molecule has 2 atom stereocenters. The van der Waals surface area contributed by atoms with E-state index in [0.29, 0.717) is 23.5 Å². The number of thioether (sulfide) groups is 1. The molecule has 3 aromatic rings. The summed E-state index contributed by atoms with van der Waals surface area (Å²) in [6.45, 7) is 2.51. The van der Waals surface area contributed by atoms with Crippen molar-refractivity contribution in [2.75, 3.05) is 6.61 Å². The molecule has 2 aromatic carbocycles. The summed E-state index contributed by atoms with van der Waals surface area (Å²) in [4.78, 5) is 0. The number of hydrogen-bond donors (Lipinski definition) is 0. The number of rotatable bonds is 5. The summed E-state index contributed by atoms with van der Waals surface area (Å²) in [7, 11) is 0. The number of para-hydroxylation sites is 2. The monoisotopic (exact) mass is 354 g/mol. The molecule has 128 valence electrons. The van der Waals surface area contributed by atoms with E-state index in [1.54, 1.807) is 11.8 Å². The van der Waals surface area contributed by atoms with Crippen LogP contribution >= 0.6 is 11.8 Å². The maximum absolute atomic E-state index is 5.92. The van der Waals surface area contributed by atoms with Gasteiger partial charge in [0.25, 0.3) is 11.1 Å². The van der Waals surface area contributed by atoms with Crippen LogP contribution in [-0.4, -0.2) is 16.8 Å². The minimum atomic E-state index is -0.381. The predicted molar refractivity (Wildman–Crippen MR) is 94.9 cm³/mol. The molecule has 2 heterocycles. The average Bonchev–Trinajstić information content (AvgIpc) is 3.15. The first-order valence-corrected chi connectivity index (χ1v) is 9.15. The highest BCUT2D eigenvalue weighted by molar-refractivity contribution is 7.99. The number of fused-ring (bicyclic) bond motifs is 1. The highest BCUT2D eigenvalue weighted by Crippen LogP contribution is 2.39. The zero-order valence-corrected chi connectivity index (χ0v) is 14.6. The number of aromatic nitrogens is 2. The molecule has 1 aliphatic heterocycles. The molecule has 0 bridgehead atoms. The summed E-state index contributed by atoms with van der Waals surface area (Å²) in [6, 6.07) is 17.9. The van der Waals surface area contributed by atoms with E-state index in [-0.39, 0.29) is 11.4 Å². The average molecular weight is 354 g/mol. The van der Waals surface area contributed by atoms with Gasteiger partial charge in [0.2, 0.25) is 6.10 Å². The van der Waals surface area contributed by atoms with Gasteiger partial charge in [-0.1, -0.05) is 61.2 Å². The van der Waals surface area contributed by atoms with Gasteiger partial charge in [-0.15, -0.1) is 10.2 Å². The molecular formula is C19H18N2O3S. The van der Waals surface area contributed by atoms with E-state index in [1.165, 1.54) is 5.56 Å². The lowest BCUT2D eigenvalue weighted by molar-refractivity contribution is 0.0686. The Morgan fingerprint density at radius 2 is 1.80 bits per heavy atom. The molecule has 6 heteroatoms. The van der Waals surface area contributed by atoms with Gasteiger partial charge < -0.3 is 13.9 Å². The Bertz CT molecular complexity index is 837. The SMILES string of the molecule is CCC(Sc1nnc(C2COc3ccccc3O2)o1)c1ccccc1. The molecule has 0 amide bonds. The van der Waals surface area contributed by atoms with Crippen molar-refractivity contribution >= 4 is 11.8 Å². The second-order valence-corrected chi connectivity index (χ2v) is 6.85. The second kappa shape index (κ2) is 7.19. The molecule has 4 rings (SSSR count). The molecule has 0 N–H and O–H groups in total. The summed E-state index contributed by atoms with van der Waals surface area (Å²) in [6.07, 6.45) is 0.594. The predicted octanol–water partition coefficient (Wildman–Crippen LogP) is 4.83. The van der Waals surface area contributed by atoms with Gasteiger partial charge in [-0.25, -0.2) is 0 Å². The Morgan fingerprint density at radius 3 is 2.60 bits per heavy atom. The molecule has 0 spiro atoms. The third kappa shape index (κ3) is 3.49. The van der Waals surface area contributed by atoms with Crippen LogP contribution in [0.2, 0.25) is 0 Å². The van der Waals surface area contributed by atoms with Crippen molar-refractivity contribution < 1.29 is 13.9 Å².